The molecule has 1 aliphatic carbocycles. The molecule has 1 fully saturated rings. The third kappa shape index (κ3) is 3.50. The number of amides is 2. The summed E-state index contributed by atoms with van der Waals surface area (Å²) in [6.45, 7) is 0.0556. The first-order valence-electron chi connectivity index (χ1n) is 7.08. The maximum Gasteiger partial charge on any atom is 0.261 e. The van der Waals surface area contributed by atoms with E-state index in [0.717, 1.165) is 29.3 Å². The van der Waals surface area contributed by atoms with E-state index in [4.69, 9.17) is 5.73 Å². The van der Waals surface area contributed by atoms with Crippen LogP contribution in [0.2, 0.25) is 0 Å². The Bertz CT molecular complexity index is 790. The molecule has 0 spiro atoms. The lowest BCUT2D eigenvalue weighted by atomic mass is 10.1. The van der Waals surface area contributed by atoms with Gasteiger partial charge in [-0.3, -0.25) is 18.7 Å². The van der Waals surface area contributed by atoms with Crippen molar-refractivity contribution in [3.63, 3.8) is 0 Å². The molecule has 10 heteroatoms. The predicted octanol–water partition coefficient (Wildman–Crippen LogP) is 1.19. The van der Waals surface area contributed by atoms with Crippen LogP contribution in [0.25, 0.3) is 0 Å². The van der Waals surface area contributed by atoms with Gasteiger partial charge in [-0.1, -0.05) is 23.2 Å². The summed E-state index contributed by atoms with van der Waals surface area (Å²) in [5.41, 5.74) is 6.31. The SMILES string of the molecule is Nc1nc(CN2C(=O)c3ccccc3C2=O)ns1.O=S([O-])C1CC1.[HH]. The molecule has 8 nitrogen and oxygen atoms in total. The van der Waals surface area contributed by atoms with Crippen molar-refractivity contribution in [2.45, 2.75) is 24.6 Å². The molecule has 4 rings (SSSR count). The fourth-order valence-corrected chi connectivity index (χ4v) is 3.08. The van der Waals surface area contributed by atoms with Gasteiger partial charge in [-0.05, 0) is 25.0 Å². The quantitative estimate of drug-likeness (QED) is 0.637. The Morgan fingerprint density at radius 2 is 1.88 bits per heavy atom. The number of aromatic nitrogens is 2. The zero-order chi connectivity index (χ0) is 17.3. The summed E-state index contributed by atoms with van der Waals surface area (Å²) in [5.74, 6) is -0.250. The maximum absolute atomic E-state index is 12.0. The fraction of sp³-hybridized carbons (Fsp3) is 0.286. The molecule has 1 atom stereocenters. The van der Waals surface area contributed by atoms with Gasteiger partial charge < -0.3 is 10.3 Å². The topological polar surface area (TPSA) is 129 Å². The molecule has 24 heavy (non-hydrogen) atoms. The Kier molecular flexibility index (Phi) is 4.69. The summed E-state index contributed by atoms with van der Waals surface area (Å²) < 4.78 is 23.5. The number of anilines is 1. The Labute approximate surface area is 145 Å². The van der Waals surface area contributed by atoms with Crippen LogP contribution in [0.1, 0.15) is 40.8 Å². The molecule has 2 N–H and O–H groups in total. The van der Waals surface area contributed by atoms with Gasteiger partial charge in [-0.2, -0.15) is 4.37 Å². The number of benzene rings is 1. The van der Waals surface area contributed by atoms with Gasteiger partial charge in [0, 0.05) is 18.2 Å². The molecule has 1 saturated carbocycles. The van der Waals surface area contributed by atoms with Crippen LogP contribution >= 0.6 is 11.5 Å². The van der Waals surface area contributed by atoms with Crippen molar-refractivity contribution in [3.8, 4) is 0 Å². The largest absolute Gasteiger partial charge is 0.772 e. The Morgan fingerprint density at radius 1 is 1.29 bits per heavy atom. The predicted molar refractivity (Wildman–Crippen MR) is 89.0 cm³/mol. The van der Waals surface area contributed by atoms with Crippen molar-refractivity contribution >= 4 is 39.6 Å². The number of carbonyl (C=O) groups is 2. The summed E-state index contributed by atoms with van der Waals surface area (Å²) in [6.07, 6.45) is 1.77. The Hall–Kier alpha value is -2.17. The molecule has 2 aromatic rings. The van der Waals surface area contributed by atoms with E-state index in [1.165, 1.54) is 0 Å². The highest BCUT2D eigenvalue weighted by molar-refractivity contribution is 7.80. The average Bonchev–Trinajstić information content (AvgIpc) is 3.31. The average molecular weight is 367 g/mol. The Balaban J connectivity index is 0.000000275. The van der Waals surface area contributed by atoms with E-state index in [2.05, 4.69) is 9.36 Å². The number of rotatable bonds is 3. The molecule has 1 aliphatic heterocycles. The lowest BCUT2D eigenvalue weighted by Crippen LogP contribution is -2.29. The van der Waals surface area contributed by atoms with Gasteiger partial charge in [0.1, 0.15) is 0 Å². The highest BCUT2D eigenvalue weighted by Crippen LogP contribution is 2.24. The molecule has 2 aliphatic rings. The molecule has 1 aromatic carbocycles. The van der Waals surface area contributed by atoms with Crippen molar-refractivity contribution in [2.24, 2.45) is 0 Å². The van der Waals surface area contributed by atoms with Crippen molar-refractivity contribution in [2.75, 3.05) is 5.73 Å². The van der Waals surface area contributed by atoms with Gasteiger partial charge in [0.2, 0.25) is 0 Å². The van der Waals surface area contributed by atoms with Crippen molar-refractivity contribution in [3.05, 3.63) is 41.2 Å². The van der Waals surface area contributed by atoms with Crippen LogP contribution in [0.3, 0.4) is 0 Å². The van der Waals surface area contributed by atoms with E-state index in [1.54, 1.807) is 24.3 Å². The van der Waals surface area contributed by atoms with Crippen LogP contribution in [0, 0.1) is 0 Å². The molecule has 128 valence electrons. The van der Waals surface area contributed by atoms with Crippen LogP contribution in [0.15, 0.2) is 24.3 Å². The molecular formula is C14H15N4O4S2-. The summed E-state index contributed by atoms with van der Waals surface area (Å²) in [5, 5.41) is 0.339. The first-order valence-corrected chi connectivity index (χ1v) is 9.00. The molecule has 2 heterocycles. The van der Waals surface area contributed by atoms with E-state index >= 15 is 0 Å². The molecule has 1 unspecified atom stereocenters. The van der Waals surface area contributed by atoms with Gasteiger partial charge in [0.25, 0.3) is 11.8 Å². The van der Waals surface area contributed by atoms with Gasteiger partial charge >= 0.3 is 0 Å². The molecule has 2 amide bonds. The van der Waals surface area contributed by atoms with Crippen LogP contribution in [-0.4, -0.2) is 40.1 Å². The number of imide groups is 1. The van der Waals surface area contributed by atoms with Gasteiger partial charge in [-0.25, -0.2) is 4.98 Å². The number of nitrogens with two attached hydrogens (primary N) is 1. The summed E-state index contributed by atoms with van der Waals surface area (Å²) in [4.78, 5) is 29.2. The van der Waals surface area contributed by atoms with Crippen molar-refractivity contribution in [1.29, 1.82) is 0 Å². The zero-order valence-corrected chi connectivity index (χ0v) is 14.0. The van der Waals surface area contributed by atoms with Crippen LogP contribution in [0.5, 0.6) is 0 Å². The standard InChI is InChI=1S/C11H8N4O2S.C3H6O2S.H2/c12-11-13-8(14-18-11)5-15-9(16)6-3-1-2-4-7(6)10(15)17;4-6(5)3-1-2-3;/h1-4H,5H2,(H2,12,13,14);3H,1-2H2,(H,4,5);1H/p-1. The summed E-state index contributed by atoms with van der Waals surface area (Å²) in [6, 6.07) is 6.73. The first-order chi connectivity index (χ1) is 11.5. The lowest BCUT2D eigenvalue weighted by molar-refractivity contribution is 0.0638. The van der Waals surface area contributed by atoms with E-state index < -0.39 is 11.1 Å². The highest BCUT2D eigenvalue weighted by Gasteiger charge is 2.35. The fourth-order valence-electron chi connectivity index (χ4n) is 2.12. The zero-order valence-electron chi connectivity index (χ0n) is 12.4. The second kappa shape index (κ2) is 6.75. The van der Waals surface area contributed by atoms with Crippen LogP contribution < -0.4 is 5.73 Å². The van der Waals surface area contributed by atoms with E-state index in [-0.39, 0.29) is 25.0 Å². The summed E-state index contributed by atoms with van der Waals surface area (Å²) in [7, 11) is 0. The summed E-state index contributed by atoms with van der Waals surface area (Å²) >= 11 is -0.715. The number of fused-ring (bicyclic) bond motifs is 1. The van der Waals surface area contributed by atoms with Gasteiger partial charge in [-0.15, -0.1) is 0 Å². The van der Waals surface area contributed by atoms with Gasteiger partial charge in [0.05, 0.1) is 17.7 Å². The van der Waals surface area contributed by atoms with Gasteiger partial charge in [0.15, 0.2) is 11.0 Å². The van der Waals surface area contributed by atoms with E-state index in [1.807, 2.05) is 0 Å². The third-order valence-corrected chi connectivity index (χ3v) is 5.05. The lowest BCUT2D eigenvalue weighted by Gasteiger charge is -2.10. The number of hydrogen-bond donors (Lipinski definition) is 1. The number of carbonyl (C=O) groups excluding carboxylic acids is 2. The van der Waals surface area contributed by atoms with E-state index in [9.17, 15) is 18.4 Å². The molecular weight excluding hydrogens is 352 g/mol. The molecule has 0 bridgehead atoms. The normalized spacial score (nSPS) is 17.3. The minimum absolute atomic E-state index is 0. The minimum atomic E-state index is -1.76. The van der Waals surface area contributed by atoms with Crippen molar-refractivity contribution < 1.29 is 19.8 Å². The minimum Gasteiger partial charge on any atom is -0.772 e. The maximum atomic E-state index is 12.0. The molecule has 1 aromatic heterocycles. The second-order valence-electron chi connectivity index (χ2n) is 5.25. The molecule has 0 radical (unpaired) electrons. The highest BCUT2D eigenvalue weighted by atomic mass is 32.2. The van der Waals surface area contributed by atoms with Crippen LogP contribution in [-0.2, 0) is 17.6 Å². The van der Waals surface area contributed by atoms with E-state index in [0.29, 0.717) is 22.1 Å². The third-order valence-electron chi connectivity index (χ3n) is 3.46. The Morgan fingerprint density at radius 3 is 2.25 bits per heavy atom. The van der Waals surface area contributed by atoms with Crippen molar-refractivity contribution in [1.82, 2.24) is 14.3 Å². The first kappa shape index (κ1) is 16.7. The number of nitrogens with zero attached hydrogens (tertiary/aromatic N) is 3. The number of nitrogen functional groups attached to an aromatic ring is 1. The monoisotopic (exact) mass is 367 g/mol. The smallest absolute Gasteiger partial charge is 0.261 e. The molecule has 0 saturated heterocycles. The van der Waals surface area contributed by atoms with Crippen LogP contribution in [0.4, 0.5) is 5.13 Å². The number of hydrogen-bond acceptors (Lipinski definition) is 8. The second-order valence-corrected chi connectivity index (χ2v) is 7.22.